The van der Waals surface area contributed by atoms with Gasteiger partial charge in [0.25, 0.3) is 16.0 Å². The Morgan fingerprint density at radius 1 is 1.29 bits per heavy atom. The van der Waals surface area contributed by atoms with Crippen LogP contribution < -0.4 is 10.1 Å². The summed E-state index contributed by atoms with van der Waals surface area (Å²) in [6.07, 6.45) is 0.164. The van der Waals surface area contributed by atoms with E-state index >= 15 is 0 Å². The molecule has 2 atom stereocenters. The Morgan fingerprint density at radius 2 is 2.00 bits per heavy atom. The molecule has 0 spiro atoms. The molecule has 0 aliphatic carbocycles. The van der Waals surface area contributed by atoms with Crippen LogP contribution in [0.3, 0.4) is 0 Å². The summed E-state index contributed by atoms with van der Waals surface area (Å²) in [7, 11) is -3.66. The Morgan fingerprint density at radius 3 is 2.62 bits per heavy atom. The van der Waals surface area contributed by atoms with E-state index in [1.807, 2.05) is 0 Å². The fraction of sp³-hybridized carbons (Fsp3) is 0.467. The van der Waals surface area contributed by atoms with Crippen molar-refractivity contribution in [3.8, 4) is 5.75 Å². The van der Waals surface area contributed by atoms with Crippen molar-refractivity contribution in [2.45, 2.75) is 26.0 Å². The lowest BCUT2D eigenvalue weighted by Crippen LogP contribution is -2.44. The molecule has 1 heterocycles. The van der Waals surface area contributed by atoms with Gasteiger partial charge in [-0.25, -0.2) is 0 Å². The molecular formula is C15H19NO7S. The fourth-order valence-corrected chi connectivity index (χ4v) is 3.00. The second-order valence-corrected chi connectivity index (χ2v) is 7.08. The first-order chi connectivity index (χ1) is 11.2. The quantitative estimate of drug-likeness (QED) is 0.461. The normalized spacial score (nSPS) is 20.6. The van der Waals surface area contributed by atoms with Gasteiger partial charge in [-0.05, 0) is 19.1 Å². The van der Waals surface area contributed by atoms with E-state index in [1.165, 1.54) is 6.92 Å². The summed E-state index contributed by atoms with van der Waals surface area (Å²) < 4.78 is 37.7. The molecular weight excluding hydrogens is 338 g/mol. The van der Waals surface area contributed by atoms with Gasteiger partial charge in [0.2, 0.25) is 0 Å². The summed E-state index contributed by atoms with van der Waals surface area (Å²) in [6.45, 7) is 3.15. The van der Waals surface area contributed by atoms with Crippen molar-refractivity contribution in [1.29, 1.82) is 0 Å². The number of hydrogen-bond acceptors (Lipinski definition) is 7. The molecule has 1 aliphatic heterocycles. The Hall–Kier alpha value is -1.97. The molecule has 1 aliphatic rings. The minimum Gasteiger partial charge on any atom is -0.426 e. The Kier molecular flexibility index (Phi) is 5.58. The molecule has 1 unspecified atom stereocenters. The monoisotopic (exact) mass is 357 g/mol. The zero-order valence-corrected chi connectivity index (χ0v) is 14.4. The standard InChI is InChI=1S/C15H19NO7S/c1-9-11(5-4-6-13(9)22-10(2)17)15(18)16-12-7-21-8-14(12)23-24(3,19)20/h4-6,12,14H,7-8H2,1-3H3,(H,16,18)/t12?,14-/m0/s1. The van der Waals surface area contributed by atoms with Crippen LogP contribution in [0.2, 0.25) is 0 Å². The van der Waals surface area contributed by atoms with Crippen LogP contribution in [0.1, 0.15) is 22.8 Å². The number of rotatable bonds is 5. The second-order valence-electron chi connectivity index (χ2n) is 5.48. The van der Waals surface area contributed by atoms with E-state index in [4.69, 9.17) is 13.7 Å². The van der Waals surface area contributed by atoms with Gasteiger partial charge in [-0.2, -0.15) is 8.42 Å². The molecule has 1 aromatic carbocycles. The Balaban J connectivity index is 2.13. The van der Waals surface area contributed by atoms with Crippen LogP contribution >= 0.6 is 0 Å². The van der Waals surface area contributed by atoms with Crippen molar-refractivity contribution in [3.63, 3.8) is 0 Å². The molecule has 24 heavy (non-hydrogen) atoms. The highest BCUT2D eigenvalue weighted by atomic mass is 32.2. The maximum atomic E-state index is 12.5. The lowest BCUT2D eigenvalue weighted by atomic mass is 10.1. The van der Waals surface area contributed by atoms with Gasteiger partial charge in [0.1, 0.15) is 11.9 Å². The van der Waals surface area contributed by atoms with Crippen molar-refractivity contribution < 1.29 is 31.7 Å². The van der Waals surface area contributed by atoms with E-state index in [-0.39, 0.29) is 13.2 Å². The van der Waals surface area contributed by atoms with Gasteiger partial charge in [-0.15, -0.1) is 0 Å². The maximum absolute atomic E-state index is 12.5. The molecule has 132 valence electrons. The van der Waals surface area contributed by atoms with Gasteiger partial charge < -0.3 is 14.8 Å². The largest absolute Gasteiger partial charge is 0.426 e. The highest BCUT2D eigenvalue weighted by Gasteiger charge is 2.33. The van der Waals surface area contributed by atoms with Crippen LogP contribution in [-0.2, 0) is 23.8 Å². The molecule has 0 saturated carbocycles. The van der Waals surface area contributed by atoms with E-state index in [1.54, 1.807) is 25.1 Å². The molecule has 1 amide bonds. The highest BCUT2D eigenvalue weighted by Crippen LogP contribution is 2.22. The minimum absolute atomic E-state index is 0.0739. The number of ether oxygens (including phenoxy) is 2. The Labute approximate surface area is 140 Å². The third-order valence-electron chi connectivity index (χ3n) is 3.43. The van der Waals surface area contributed by atoms with Crippen LogP contribution in [0.25, 0.3) is 0 Å². The zero-order chi connectivity index (χ0) is 17.9. The van der Waals surface area contributed by atoms with Crippen LogP contribution in [0.15, 0.2) is 18.2 Å². The van der Waals surface area contributed by atoms with Gasteiger partial charge in [0.15, 0.2) is 0 Å². The second kappa shape index (κ2) is 7.29. The molecule has 0 bridgehead atoms. The van der Waals surface area contributed by atoms with E-state index in [0.717, 1.165) is 6.26 Å². The number of nitrogens with one attached hydrogen (secondary N) is 1. The molecule has 9 heteroatoms. The number of carbonyl (C=O) groups excluding carboxylic acids is 2. The fourth-order valence-electron chi connectivity index (χ4n) is 2.36. The average Bonchev–Trinajstić information content (AvgIpc) is 2.85. The molecule has 0 aromatic heterocycles. The van der Waals surface area contributed by atoms with E-state index in [9.17, 15) is 18.0 Å². The summed E-state index contributed by atoms with van der Waals surface area (Å²) in [5, 5.41) is 2.70. The van der Waals surface area contributed by atoms with Gasteiger partial charge in [-0.1, -0.05) is 6.07 Å². The number of benzene rings is 1. The summed E-state index contributed by atoms with van der Waals surface area (Å²) in [5.41, 5.74) is 0.823. The van der Waals surface area contributed by atoms with Crippen molar-refractivity contribution >= 4 is 22.0 Å². The highest BCUT2D eigenvalue weighted by molar-refractivity contribution is 7.86. The van der Waals surface area contributed by atoms with Crippen molar-refractivity contribution in [1.82, 2.24) is 5.32 Å². The summed E-state index contributed by atoms with van der Waals surface area (Å²) in [6, 6.07) is 4.17. The molecule has 1 aromatic rings. The predicted molar refractivity (Wildman–Crippen MR) is 84.3 cm³/mol. The molecule has 1 N–H and O–H groups in total. The van der Waals surface area contributed by atoms with Crippen LogP contribution in [-0.4, -0.2) is 51.9 Å². The van der Waals surface area contributed by atoms with Crippen molar-refractivity contribution in [2.75, 3.05) is 19.5 Å². The van der Waals surface area contributed by atoms with E-state index in [0.29, 0.717) is 16.9 Å². The molecule has 2 rings (SSSR count). The molecule has 1 fully saturated rings. The lowest BCUT2D eigenvalue weighted by molar-refractivity contribution is -0.131. The summed E-state index contributed by atoms with van der Waals surface area (Å²) in [4.78, 5) is 23.5. The topological polar surface area (TPSA) is 108 Å². The summed E-state index contributed by atoms with van der Waals surface area (Å²) in [5.74, 6) is -0.623. The van der Waals surface area contributed by atoms with Gasteiger partial charge >= 0.3 is 5.97 Å². The zero-order valence-electron chi connectivity index (χ0n) is 13.6. The number of carbonyl (C=O) groups is 2. The SMILES string of the molecule is CC(=O)Oc1cccc(C(=O)NC2COC[C@@H]2OS(C)(=O)=O)c1C. The lowest BCUT2D eigenvalue weighted by Gasteiger charge is -2.19. The predicted octanol–water partition coefficient (Wildman–Crippen LogP) is 0.394. The smallest absolute Gasteiger partial charge is 0.308 e. The van der Waals surface area contributed by atoms with E-state index < -0.39 is 34.1 Å². The first kappa shape index (κ1) is 18.4. The average molecular weight is 357 g/mol. The molecule has 8 nitrogen and oxygen atoms in total. The first-order valence-electron chi connectivity index (χ1n) is 7.22. The van der Waals surface area contributed by atoms with Crippen molar-refractivity contribution in [2.24, 2.45) is 0 Å². The van der Waals surface area contributed by atoms with Crippen LogP contribution in [0.5, 0.6) is 5.75 Å². The first-order valence-corrected chi connectivity index (χ1v) is 9.04. The van der Waals surface area contributed by atoms with Gasteiger partial charge in [-0.3, -0.25) is 13.8 Å². The summed E-state index contributed by atoms with van der Waals surface area (Å²) >= 11 is 0. The number of hydrogen-bond donors (Lipinski definition) is 1. The number of esters is 1. The van der Waals surface area contributed by atoms with Gasteiger partial charge in [0, 0.05) is 18.1 Å². The van der Waals surface area contributed by atoms with Crippen LogP contribution in [0, 0.1) is 6.92 Å². The number of amides is 1. The molecule has 0 radical (unpaired) electrons. The third-order valence-corrected chi connectivity index (χ3v) is 4.02. The van der Waals surface area contributed by atoms with Crippen LogP contribution in [0.4, 0.5) is 0 Å². The van der Waals surface area contributed by atoms with E-state index in [2.05, 4.69) is 5.32 Å². The Bertz CT molecular complexity index is 744. The molecule has 1 saturated heterocycles. The third kappa shape index (κ3) is 4.76. The van der Waals surface area contributed by atoms with Crippen molar-refractivity contribution in [3.05, 3.63) is 29.3 Å². The van der Waals surface area contributed by atoms with Gasteiger partial charge in [0.05, 0.1) is 25.5 Å². The maximum Gasteiger partial charge on any atom is 0.308 e. The minimum atomic E-state index is -3.66.